The Morgan fingerprint density at radius 1 is 1.14 bits per heavy atom. The predicted octanol–water partition coefficient (Wildman–Crippen LogP) is 2.16. The first-order valence-electron chi connectivity index (χ1n) is 7.75. The van der Waals surface area contributed by atoms with E-state index in [1.807, 2.05) is 6.92 Å². The van der Waals surface area contributed by atoms with Crippen molar-refractivity contribution in [1.82, 2.24) is 5.32 Å². The SMILES string of the molecule is CCC(C(N)=O)=C(CC)c1ccc(N2CCNCC2)cc1. The molecule has 3 N–H and O–H groups in total. The first-order valence-corrected chi connectivity index (χ1v) is 7.75. The molecule has 114 valence electrons. The largest absolute Gasteiger partial charge is 0.369 e. The molecule has 0 saturated carbocycles. The molecule has 1 heterocycles. The summed E-state index contributed by atoms with van der Waals surface area (Å²) < 4.78 is 0. The second-order valence-corrected chi connectivity index (χ2v) is 5.31. The highest BCUT2D eigenvalue weighted by atomic mass is 16.1. The fourth-order valence-electron chi connectivity index (χ4n) is 2.92. The third kappa shape index (κ3) is 3.64. The van der Waals surface area contributed by atoms with Gasteiger partial charge >= 0.3 is 0 Å². The van der Waals surface area contributed by atoms with Crippen molar-refractivity contribution >= 4 is 17.2 Å². The molecular weight excluding hydrogens is 262 g/mol. The monoisotopic (exact) mass is 287 g/mol. The summed E-state index contributed by atoms with van der Waals surface area (Å²) in [6, 6.07) is 8.50. The number of hydrogen-bond donors (Lipinski definition) is 2. The van der Waals surface area contributed by atoms with Crippen LogP contribution in [-0.2, 0) is 4.79 Å². The summed E-state index contributed by atoms with van der Waals surface area (Å²) in [7, 11) is 0. The molecule has 0 atom stereocenters. The van der Waals surface area contributed by atoms with E-state index < -0.39 is 0 Å². The minimum Gasteiger partial charge on any atom is -0.369 e. The van der Waals surface area contributed by atoms with Crippen molar-refractivity contribution in [1.29, 1.82) is 0 Å². The van der Waals surface area contributed by atoms with Crippen LogP contribution in [0.15, 0.2) is 29.8 Å². The summed E-state index contributed by atoms with van der Waals surface area (Å²) in [6.45, 7) is 8.19. The van der Waals surface area contributed by atoms with Crippen LogP contribution in [0.25, 0.3) is 5.57 Å². The molecule has 1 aliphatic rings. The Morgan fingerprint density at radius 3 is 2.24 bits per heavy atom. The molecule has 1 aromatic rings. The lowest BCUT2D eigenvalue weighted by atomic mass is 9.95. The van der Waals surface area contributed by atoms with Gasteiger partial charge in [-0.05, 0) is 36.1 Å². The lowest BCUT2D eigenvalue weighted by molar-refractivity contribution is -0.114. The van der Waals surface area contributed by atoms with Gasteiger partial charge in [-0.3, -0.25) is 4.79 Å². The summed E-state index contributed by atoms with van der Waals surface area (Å²) >= 11 is 0. The number of nitrogens with one attached hydrogen (secondary N) is 1. The number of nitrogens with zero attached hydrogens (tertiary/aromatic N) is 1. The van der Waals surface area contributed by atoms with Gasteiger partial charge in [0.25, 0.3) is 0 Å². The van der Waals surface area contributed by atoms with Gasteiger partial charge in [0.2, 0.25) is 5.91 Å². The molecule has 21 heavy (non-hydrogen) atoms. The number of carbonyl (C=O) groups excluding carboxylic acids is 1. The maximum Gasteiger partial charge on any atom is 0.244 e. The summed E-state index contributed by atoms with van der Waals surface area (Å²) in [5.74, 6) is -0.305. The molecule has 0 unspecified atom stereocenters. The van der Waals surface area contributed by atoms with Gasteiger partial charge in [0.05, 0.1) is 0 Å². The molecule has 0 aliphatic carbocycles. The standard InChI is InChI=1S/C17H25N3O/c1-3-15(16(4-2)17(18)21)13-5-7-14(8-6-13)20-11-9-19-10-12-20/h5-8,19H,3-4,9-12H2,1-2H3,(H2,18,21). The molecule has 0 spiro atoms. The van der Waals surface area contributed by atoms with Gasteiger partial charge in [-0.25, -0.2) is 0 Å². The molecule has 4 nitrogen and oxygen atoms in total. The van der Waals surface area contributed by atoms with Gasteiger partial charge in [0.15, 0.2) is 0 Å². The lowest BCUT2D eigenvalue weighted by Gasteiger charge is -2.29. The van der Waals surface area contributed by atoms with Crippen molar-refractivity contribution < 1.29 is 4.79 Å². The molecule has 1 aromatic carbocycles. The van der Waals surface area contributed by atoms with Gasteiger partial charge in [0.1, 0.15) is 0 Å². The zero-order chi connectivity index (χ0) is 15.2. The Kier molecular flexibility index (Phi) is 5.39. The normalized spacial score (nSPS) is 16.6. The average molecular weight is 287 g/mol. The van der Waals surface area contributed by atoms with Crippen molar-refractivity contribution in [2.24, 2.45) is 5.73 Å². The number of carbonyl (C=O) groups is 1. The molecule has 1 aliphatic heterocycles. The fourth-order valence-corrected chi connectivity index (χ4v) is 2.92. The van der Waals surface area contributed by atoms with E-state index >= 15 is 0 Å². The molecule has 1 fully saturated rings. The van der Waals surface area contributed by atoms with E-state index in [2.05, 4.69) is 41.4 Å². The first kappa shape index (κ1) is 15.6. The lowest BCUT2D eigenvalue weighted by Crippen LogP contribution is -2.43. The van der Waals surface area contributed by atoms with Crippen LogP contribution in [-0.4, -0.2) is 32.1 Å². The first-order chi connectivity index (χ1) is 10.2. The topological polar surface area (TPSA) is 58.4 Å². The molecule has 0 radical (unpaired) electrons. The Balaban J connectivity index is 2.26. The highest BCUT2D eigenvalue weighted by molar-refractivity contribution is 6.00. The van der Waals surface area contributed by atoms with Crippen molar-refractivity contribution in [3.8, 4) is 0 Å². The third-order valence-electron chi connectivity index (χ3n) is 4.07. The fraction of sp³-hybridized carbons (Fsp3) is 0.471. The van der Waals surface area contributed by atoms with Crippen molar-refractivity contribution in [2.75, 3.05) is 31.1 Å². The molecule has 0 bridgehead atoms. The molecule has 1 saturated heterocycles. The van der Waals surface area contributed by atoms with Crippen molar-refractivity contribution in [3.63, 3.8) is 0 Å². The zero-order valence-electron chi connectivity index (χ0n) is 13.0. The highest BCUT2D eigenvalue weighted by Gasteiger charge is 2.13. The summed E-state index contributed by atoms with van der Waals surface area (Å²) in [5.41, 5.74) is 9.65. The number of piperazine rings is 1. The number of primary amides is 1. The van der Waals surface area contributed by atoms with E-state index in [4.69, 9.17) is 5.73 Å². The van der Waals surface area contributed by atoms with E-state index in [9.17, 15) is 4.79 Å². The van der Waals surface area contributed by atoms with Crippen LogP contribution in [0.2, 0.25) is 0 Å². The van der Waals surface area contributed by atoms with Crippen molar-refractivity contribution in [2.45, 2.75) is 26.7 Å². The number of allylic oxidation sites excluding steroid dienone is 1. The van der Waals surface area contributed by atoms with Gasteiger partial charge < -0.3 is 16.0 Å². The molecule has 0 aromatic heterocycles. The van der Waals surface area contributed by atoms with Crippen LogP contribution in [0, 0.1) is 0 Å². The van der Waals surface area contributed by atoms with E-state index in [0.717, 1.165) is 49.3 Å². The zero-order valence-corrected chi connectivity index (χ0v) is 13.0. The Hall–Kier alpha value is -1.81. The van der Waals surface area contributed by atoms with Gasteiger partial charge in [-0.2, -0.15) is 0 Å². The predicted molar refractivity (Wildman–Crippen MR) is 88.2 cm³/mol. The number of nitrogens with two attached hydrogens (primary N) is 1. The quantitative estimate of drug-likeness (QED) is 0.816. The minimum absolute atomic E-state index is 0.305. The summed E-state index contributed by atoms with van der Waals surface area (Å²) in [5, 5.41) is 3.36. The molecule has 2 rings (SSSR count). The second-order valence-electron chi connectivity index (χ2n) is 5.31. The van der Waals surface area contributed by atoms with Crippen LogP contribution >= 0.6 is 0 Å². The number of hydrogen-bond acceptors (Lipinski definition) is 3. The number of rotatable bonds is 5. The summed E-state index contributed by atoms with van der Waals surface area (Å²) in [4.78, 5) is 13.9. The average Bonchev–Trinajstić information content (AvgIpc) is 2.53. The van der Waals surface area contributed by atoms with Crippen molar-refractivity contribution in [3.05, 3.63) is 35.4 Å². The van der Waals surface area contributed by atoms with E-state index in [1.165, 1.54) is 5.69 Å². The van der Waals surface area contributed by atoms with Gasteiger partial charge in [0, 0.05) is 37.4 Å². The Labute approximate surface area is 127 Å². The van der Waals surface area contributed by atoms with Crippen LogP contribution in [0.5, 0.6) is 0 Å². The maximum absolute atomic E-state index is 11.6. The van der Waals surface area contributed by atoms with Gasteiger partial charge in [-0.15, -0.1) is 0 Å². The van der Waals surface area contributed by atoms with Crippen LogP contribution in [0.3, 0.4) is 0 Å². The third-order valence-corrected chi connectivity index (χ3v) is 4.07. The molecule has 1 amide bonds. The molecular formula is C17H25N3O. The number of benzene rings is 1. The Bertz CT molecular complexity index is 513. The highest BCUT2D eigenvalue weighted by Crippen LogP contribution is 2.26. The Morgan fingerprint density at radius 2 is 1.76 bits per heavy atom. The minimum atomic E-state index is -0.305. The van der Waals surface area contributed by atoms with Crippen LogP contribution < -0.4 is 16.0 Å². The number of amides is 1. The van der Waals surface area contributed by atoms with E-state index in [1.54, 1.807) is 0 Å². The maximum atomic E-state index is 11.6. The summed E-state index contributed by atoms with van der Waals surface area (Å²) in [6.07, 6.45) is 1.50. The van der Waals surface area contributed by atoms with E-state index in [0.29, 0.717) is 6.42 Å². The molecule has 4 heteroatoms. The van der Waals surface area contributed by atoms with Gasteiger partial charge in [-0.1, -0.05) is 26.0 Å². The van der Waals surface area contributed by atoms with E-state index in [-0.39, 0.29) is 5.91 Å². The second kappa shape index (κ2) is 7.27. The van der Waals surface area contributed by atoms with Crippen LogP contribution in [0.1, 0.15) is 32.3 Å². The smallest absolute Gasteiger partial charge is 0.244 e. The van der Waals surface area contributed by atoms with Crippen LogP contribution in [0.4, 0.5) is 5.69 Å². The number of anilines is 1.